The lowest BCUT2D eigenvalue weighted by atomic mass is 10.0. The molecule has 1 heterocycles. The molecule has 3 aromatic rings. The number of halogens is 1. The fourth-order valence-electron chi connectivity index (χ4n) is 4.07. The van der Waals surface area contributed by atoms with E-state index in [-0.39, 0.29) is 17.8 Å². The molecule has 1 fully saturated rings. The van der Waals surface area contributed by atoms with Gasteiger partial charge in [0.1, 0.15) is 5.82 Å². The van der Waals surface area contributed by atoms with Crippen LogP contribution in [0.25, 0.3) is 0 Å². The maximum Gasteiger partial charge on any atom is 0.251 e. The molecule has 4 nitrogen and oxygen atoms in total. The molecule has 1 saturated heterocycles. The van der Waals surface area contributed by atoms with E-state index >= 15 is 0 Å². The number of nitrogens with zero attached hydrogens (tertiary/aromatic N) is 2. The third kappa shape index (κ3) is 5.05. The second kappa shape index (κ2) is 9.65. The number of carbonyl (C=O) groups is 1. The lowest BCUT2D eigenvalue weighted by Gasteiger charge is -2.37. The Kier molecular flexibility index (Phi) is 6.51. The van der Waals surface area contributed by atoms with E-state index in [2.05, 4.69) is 46.3 Å². The molecule has 0 bridgehead atoms. The fourth-order valence-corrected chi connectivity index (χ4v) is 4.07. The Morgan fingerprint density at radius 2 is 1.52 bits per heavy atom. The number of piperazine rings is 1. The predicted molar refractivity (Wildman–Crippen MR) is 124 cm³/mol. The molecule has 4 rings (SSSR count). The molecule has 0 spiro atoms. The molecule has 1 amide bonds. The highest BCUT2D eigenvalue weighted by Gasteiger charge is 2.19. The zero-order valence-corrected chi connectivity index (χ0v) is 17.8. The minimum absolute atomic E-state index is 0.0341. The van der Waals surface area contributed by atoms with Gasteiger partial charge in [-0.15, -0.1) is 0 Å². The van der Waals surface area contributed by atoms with E-state index in [9.17, 15) is 9.18 Å². The van der Waals surface area contributed by atoms with Crippen LogP contribution in [0.3, 0.4) is 0 Å². The summed E-state index contributed by atoms with van der Waals surface area (Å²) in [6.45, 7) is 5.65. The van der Waals surface area contributed by atoms with Crippen LogP contribution in [0.1, 0.15) is 35.3 Å². The van der Waals surface area contributed by atoms with Gasteiger partial charge < -0.3 is 15.1 Å². The molecule has 1 unspecified atom stereocenters. The zero-order valence-electron chi connectivity index (χ0n) is 17.8. The van der Waals surface area contributed by atoms with E-state index in [4.69, 9.17) is 0 Å². The van der Waals surface area contributed by atoms with Crippen molar-refractivity contribution >= 4 is 17.3 Å². The van der Waals surface area contributed by atoms with E-state index in [1.54, 1.807) is 0 Å². The van der Waals surface area contributed by atoms with E-state index < -0.39 is 0 Å². The minimum Gasteiger partial charge on any atom is -0.368 e. The topological polar surface area (TPSA) is 35.6 Å². The molecule has 0 radical (unpaired) electrons. The van der Waals surface area contributed by atoms with Crippen molar-refractivity contribution in [3.05, 3.63) is 95.8 Å². The van der Waals surface area contributed by atoms with Gasteiger partial charge >= 0.3 is 0 Å². The molecule has 0 aromatic heterocycles. The third-order valence-corrected chi connectivity index (χ3v) is 5.86. The smallest absolute Gasteiger partial charge is 0.251 e. The minimum atomic E-state index is -0.205. The molecular formula is C26H28FN3O. The summed E-state index contributed by atoms with van der Waals surface area (Å²) in [5.41, 5.74) is 4.02. The maximum atomic E-state index is 13.2. The van der Waals surface area contributed by atoms with Gasteiger partial charge in [0, 0.05) is 43.1 Å². The van der Waals surface area contributed by atoms with Crippen molar-refractivity contribution in [3.8, 4) is 0 Å². The maximum absolute atomic E-state index is 13.2. The van der Waals surface area contributed by atoms with E-state index in [0.29, 0.717) is 5.56 Å². The molecule has 3 aromatic carbocycles. The number of benzene rings is 3. The monoisotopic (exact) mass is 417 g/mol. The van der Waals surface area contributed by atoms with Gasteiger partial charge in [0.15, 0.2) is 0 Å². The van der Waals surface area contributed by atoms with Gasteiger partial charge in [0.05, 0.1) is 6.04 Å². The zero-order chi connectivity index (χ0) is 21.6. The second-order valence-corrected chi connectivity index (χ2v) is 7.85. The Morgan fingerprint density at radius 1 is 0.871 bits per heavy atom. The standard InChI is InChI=1S/C26H28FN3O/c1-2-25(28-26(31)20-7-4-3-5-8-20)21-9-6-10-24(19-21)30-17-15-29(16-18-30)23-13-11-22(27)12-14-23/h3-14,19,25H,2,15-18H2,1H3,(H,28,31). The molecule has 5 heteroatoms. The van der Waals surface area contributed by atoms with Crippen molar-refractivity contribution in [2.75, 3.05) is 36.0 Å². The first-order chi connectivity index (χ1) is 15.1. The Bertz CT molecular complexity index is 999. The summed E-state index contributed by atoms with van der Waals surface area (Å²) in [6.07, 6.45) is 0.820. The lowest BCUT2D eigenvalue weighted by molar-refractivity contribution is 0.0935. The Balaban J connectivity index is 1.41. The number of amides is 1. The summed E-state index contributed by atoms with van der Waals surface area (Å²) in [5.74, 6) is -0.255. The third-order valence-electron chi connectivity index (χ3n) is 5.86. The lowest BCUT2D eigenvalue weighted by Crippen LogP contribution is -2.46. The summed E-state index contributed by atoms with van der Waals surface area (Å²) in [7, 11) is 0. The van der Waals surface area contributed by atoms with Crippen molar-refractivity contribution in [1.29, 1.82) is 0 Å². The first-order valence-corrected chi connectivity index (χ1v) is 10.9. The average molecular weight is 418 g/mol. The van der Waals surface area contributed by atoms with Gasteiger partial charge in [-0.25, -0.2) is 4.39 Å². The first-order valence-electron chi connectivity index (χ1n) is 10.9. The van der Waals surface area contributed by atoms with Crippen LogP contribution in [0.2, 0.25) is 0 Å². The molecule has 160 valence electrons. The van der Waals surface area contributed by atoms with Gasteiger partial charge in [0.2, 0.25) is 0 Å². The van der Waals surface area contributed by atoms with Crippen LogP contribution in [0.4, 0.5) is 15.8 Å². The van der Waals surface area contributed by atoms with Crippen LogP contribution in [-0.4, -0.2) is 32.1 Å². The summed E-state index contributed by atoms with van der Waals surface area (Å²) < 4.78 is 13.2. The fraction of sp³-hybridized carbons (Fsp3) is 0.269. The van der Waals surface area contributed by atoms with Gasteiger partial charge in [-0.3, -0.25) is 4.79 Å². The van der Waals surface area contributed by atoms with Crippen LogP contribution in [0.5, 0.6) is 0 Å². The predicted octanol–water partition coefficient (Wildman–Crippen LogP) is 5.03. The van der Waals surface area contributed by atoms with Crippen LogP contribution < -0.4 is 15.1 Å². The van der Waals surface area contributed by atoms with E-state index in [1.165, 1.54) is 17.8 Å². The van der Waals surface area contributed by atoms with Gasteiger partial charge in [0.25, 0.3) is 5.91 Å². The van der Waals surface area contributed by atoms with Crippen molar-refractivity contribution in [3.63, 3.8) is 0 Å². The van der Waals surface area contributed by atoms with Crippen molar-refractivity contribution in [2.24, 2.45) is 0 Å². The number of carbonyl (C=O) groups excluding carboxylic acids is 1. The molecule has 31 heavy (non-hydrogen) atoms. The largest absolute Gasteiger partial charge is 0.368 e. The van der Waals surface area contributed by atoms with Crippen molar-refractivity contribution < 1.29 is 9.18 Å². The molecule has 0 aliphatic carbocycles. The van der Waals surface area contributed by atoms with Crippen LogP contribution in [0, 0.1) is 5.82 Å². The number of hydrogen-bond acceptors (Lipinski definition) is 3. The van der Waals surface area contributed by atoms with E-state index in [0.717, 1.165) is 43.9 Å². The van der Waals surface area contributed by atoms with E-state index in [1.807, 2.05) is 42.5 Å². The molecule has 1 aliphatic heterocycles. The Morgan fingerprint density at radius 3 is 2.16 bits per heavy atom. The summed E-state index contributed by atoms with van der Waals surface area (Å²) >= 11 is 0. The molecular weight excluding hydrogens is 389 g/mol. The first kappa shape index (κ1) is 20.9. The van der Waals surface area contributed by atoms with Gasteiger partial charge in [-0.1, -0.05) is 37.3 Å². The summed E-state index contributed by atoms with van der Waals surface area (Å²) in [4.78, 5) is 17.3. The number of nitrogens with one attached hydrogen (secondary N) is 1. The highest BCUT2D eigenvalue weighted by atomic mass is 19.1. The highest BCUT2D eigenvalue weighted by molar-refractivity contribution is 5.94. The number of rotatable bonds is 6. The van der Waals surface area contributed by atoms with Crippen molar-refractivity contribution in [1.82, 2.24) is 5.32 Å². The summed E-state index contributed by atoms with van der Waals surface area (Å²) in [5, 5.41) is 3.17. The SMILES string of the molecule is CCC(NC(=O)c1ccccc1)c1cccc(N2CCN(c3ccc(F)cc3)CC2)c1. The quantitative estimate of drug-likeness (QED) is 0.611. The van der Waals surface area contributed by atoms with Crippen LogP contribution >= 0.6 is 0 Å². The highest BCUT2D eigenvalue weighted by Crippen LogP contribution is 2.25. The van der Waals surface area contributed by atoms with Crippen molar-refractivity contribution in [2.45, 2.75) is 19.4 Å². The van der Waals surface area contributed by atoms with Gasteiger partial charge in [-0.05, 0) is 60.5 Å². The number of anilines is 2. The molecule has 1 atom stereocenters. The molecule has 1 aliphatic rings. The average Bonchev–Trinajstić information content (AvgIpc) is 2.83. The van der Waals surface area contributed by atoms with Crippen LogP contribution in [0.15, 0.2) is 78.9 Å². The normalized spacial score (nSPS) is 14.9. The van der Waals surface area contributed by atoms with Crippen LogP contribution in [-0.2, 0) is 0 Å². The number of hydrogen-bond donors (Lipinski definition) is 1. The second-order valence-electron chi connectivity index (χ2n) is 7.85. The molecule has 1 N–H and O–H groups in total. The molecule has 0 saturated carbocycles. The Labute approximate surface area is 183 Å². The van der Waals surface area contributed by atoms with Gasteiger partial charge in [-0.2, -0.15) is 0 Å². The summed E-state index contributed by atoms with van der Waals surface area (Å²) in [6, 6.07) is 24.5. The Hall–Kier alpha value is -3.34.